The van der Waals surface area contributed by atoms with Gasteiger partial charge in [0.1, 0.15) is 5.60 Å². The van der Waals surface area contributed by atoms with E-state index in [1.165, 1.54) is 5.56 Å². The molecule has 0 saturated carbocycles. The van der Waals surface area contributed by atoms with Crippen LogP contribution in [-0.4, -0.2) is 32.5 Å². The Hall–Kier alpha value is -0.420. The predicted molar refractivity (Wildman–Crippen MR) is 71.0 cm³/mol. The highest BCUT2D eigenvalue weighted by Gasteiger charge is 2.34. The lowest BCUT2D eigenvalue weighted by atomic mass is 10.0. The molecule has 1 atom stereocenters. The molecule has 1 aliphatic rings. The van der Waals surface area contributed by atoms with Gasteiger partial charge in [-0.3, -0.25) is 0 Å². The molecule has 1 aliphatic heterocycles. The molecule has 0 radical (unpaired) electrons. The summed E-state index contributed by atoms with van der Waals surface area (Å²) in [5.41, 5.74) is 1.14. The number of ether oxygens (including phenoxy) is 2. The fraction of sp³-hybridized carbons (Fsp3) is 0.538. The van der Waals surface area contributed by atoms with Crippen LogP contribution in [-0.2, 0) is 16.0 Å². The molecule has 2 rings (SSSR count). The largest absolute Gasteiger partial charge is 0.378 e. The van der Waals surface area contributed by atoms with Crippen LogP contribution in [0, 0.1) is 0 Å². The normalized spacial score (nSPS) is 24.1. The molecular formula is C13H18BrNO2. The van der Waals surface area contributed by atoms with Crippen LogP contribution >= 0.6 is 15.9 Å². The van der Waals surface area contributed by atoms with Crippen LogP contribution in [0.15, 0.2) is 28.7 Å². The van der Waals surface area contributed by atoms with Crippen LogP contribution in [0.25, 0.3) is 0 Å². The van der Waals surface area contributed by atoms with E-state index in [0.29, 0.717) is 6.61 Å². The summed E-state index contributed by atoms with van der Waals surface area (Å²) in [6.07, 6.45) is 0.967. The Balaban J connectivity index is 1.82. The average Bonchev–Trinajstić information content (AvgIpc) is 2.79. The van der Waals surface area contributed by atoms with Crippen molar-refractivity contribution in [2.45, 2.75) is 18.6 Å². The minimum atomic E-state index is -0.133. The molecule has 1 N–H and O–H groups in total. The second kappa shape index (κ2) is 5.96. The van der Waals surface area contributed by atoms with Crippen molar-refractivity contribution < 1.29 is 9.47 Å². The van der Waals surface area contributed by atoms with Gasteiger partial charge in [0.05, 0.1) is 6.61 Å². The number of hydrogen-bond acceptors (Lipinski definition) is 3. The number of rotatable bonds is 5. The van der Waals surface area contributed by atoms with Gasteiger partial charge in [0, 0.05) is 37.7 Å². The first-order valence-electron chi connectivity index (χ1n) is 5.82. The Bertz CT molecular complexity index is 364. The molecule has 1 unspecified atom stereocenters. The van der Waals surface area contributed by atoms with Gasteiger partial charge >= 0.3 is 0 Å². The lowest BCUT2D eigenvalue weighted by Crippen LogP contribution is -2.42. The van der Waals surface area contributed by atoms with Gasteiger partial charge in [0.2, 0.25) is 0 Å². The SMILES string of the molecule is COC1(CNCc2cccc(Br)c2)CCOC1. The maximum absolute atomic E-state index is 5.56. The monoisotopic (exact) mass is 299 g/mol. The number of halogens is 1. The molecule has 4 heteroatoms. The van der Waals surface area contributed by atoms with Crippen molar-refractivity contribution in [2.75, 3.05) is 26.9 Å². The summed E-state index contributed by atoms with van der Waals surface area (Å²) in [7, 11) is 1.76. The molecule has 0 aromatic heterocycles. The summed E-state index contributed by atoms with van der Waals surface area (Å²) in [6.45, 7) is 3.17. The number of benzene rings is 1. The molecule has 0 bridgehead atoms. The van der Waals surface area contributed by atoms with Crippen molar-refractivity contribution in [2.24, 2.45) is 0 Å². The van der Waals surface area contributed by atoms with Crippen molar-refractivity contribution in [3.05, 3.63) is 34.3 Å². The average molecular weight is 300 g/mol. The molecule has 17 heavy (non-hydrogen) atoms. The van der Waals surface area contributed by atoms with Crippen molar-refractivity contribution in [3.63, 3.8) is 0 Å². The van der Waals surface area contributed by atoms with Gasteiger partial charge in [-0.15, -0.1) is 0 Å². The zero-order valence-electron chi connectivity index (χ0n) is 10.0. The first-order valence-corrected chi connectivity index (χ1v) is 6.61. The second-order valence-corrected chi connectivity index (χ2v) is 5.34. The molecule has 1 aromatic carbocycles. The molecule has 3 nitrogen and oxygen atoms in total. The third kappa shape index (κ3) is 3.52. The van der Waals surface area contributed by atoms with Gasteiger partial charge in [0.15, 0.2) is 0 Å². The van der Waals surface area contributed by atoms with Crippen LogP contribution in [0.4, 0.5) is 0 Å². The van der Waals surface area contributed by atoms with E-state index >= 15 is 0 Å². The van der Waals surface area contributed by atoms with E-state index < -0.39 is 0 Å². The highest BCUT2D eigenvalue weighted by atomic mass is 79.9. The van der Waals surface area contributed by atoms with E-state index in [1.807, 2.05) is 12.1 Å². The maximum atomic E-state index is 5.56. The fourth-order valence-electron chi connectivity index (χ4n) is 2.04. The maximum Gasteiger partial charge on any atom is 0.106 e. The summed E-state index contributed by atoms with van der Waals surface area (Å²) in [5.74, 6) is 0. The predicted octanol–water partition coefficient (Wildman–Crippen LogP) is 2.34. The van der Waals surface area contributed by atoms with Crippen molar-refractivity contribution >= 4 is 15.9 Å². The number of hydrogen-bond donors (Lipinski definition) is 1. The van der Waals surface area contributed by atoms with E-state index in [4.69, 9.17) is 9.47 Å². The van der Waals surface area contributed by atoms with E-state index in [2.05, 4.69) is 33.4 Å². The van der Waals surface area contributed by atoms with Gasteiger partial charge in [-0.25, -0.2) is 0 Å². The standard InChI is InChI=1S/C13H18BrNO2/c1-16-13(5-6-17-10-13)9-15-8-11-3-2-4-12(14)7-11/h2-4,7,15H,5-6,8-10H2,1H3. The Morgan fingerprint density at radius 3 is 3.06 bits per heavy atom. The molecule has 0 spiro atoms. The highest BCUT2D eigenvalue weighted by Crippen LogP contribution is 2.21. The Kier molecular flexibility index (Phi) is 4.56. The van der Waals surface area contributed by atoms with Gasteiger partial charge in [0.25, 0.3) is 0 Å². The molecule has 1 fully saturated rings. The molecule has 1 aromatic rings. The first-order chi connectivity index (χ1) is 8.24. The lowest BCUT2D eigenvalue weighted by molar-refractivity contribution is -0.0159. The molecule has 0 aliphatic carbocycles. The first kappa shape index (κ1) is 13.0. The van der Waals surface area contributed by atoms with Gasteiger partial charge < -0.3 is 14.8 Å². The number of methoxy groups -OCH3 is 1. The van der Waals surface area contributed by atoms with E-state index in [9.17, 15) is 0 Å². The zero-order chi connectivity index (χ0) is 12.1. The topological polar surface area (TPSA) is 30.5 Å². The van der Waals surface area contributed by atoms with Crippen LogP contribution < -0.4 is 5.32 Å². The molecule has 94 valence electrons. The third-order valence-corrected chi connectivity index (χ3v) is 3.66. The molecule has 1 heterocycles. The summed E-state index contributed by atoms with van der Waals surface area (Å²) < 4.78 is 12.1. The van der Waals surface area contributed by atoms with Gasteiger partial charge in [-0.2, -0.15) is 0 Å². The molecule has 1 saturated heterocycles. The van der Waals surface area contributed by atoms with E-state index in [1.54, 1.807) is 7.11 Å². The number of nitrogens with one attached hydrogen (secondary N) is 1. The Morgan fingerprint density at radius 1 is 1.53 bits per heavy atom. The summed E-state index contributed by atoms with van der Waals surface area (Å²) in [5, 5.41) is 3.44. The minimum absolute atomic E-state index is 0.133. The van der Waals surface area contributed by atoms with E-state index in [0.717, 1.165) is 30.6 Å². The third-order valence-electron chi connectivity index (χ3n) is 3.17. The van der Waals surface area contributed by atoms with Crippen molar-refractivity contribution in [1.29, 1.82) is 0 Å². The molecular weight excluding hydrogens is 282 g/mol. The molecule has 0 amide bonds. The summed E-state index contributed by atoms with van der Waals surface area (Å²) >= 11 is 3.47. The summed E-state index contributed by atoms with van der Waals surface area (Å²) in [6, 6.07) is 8.32. The minimum Gasteiger partial charge on any atom is -0.378 e. The summed E-state index contributed by atoms with van der Waals surface area (Å²) in [4.78, 5) is 0. The van der Waals surface area contributed by atoms with Crippen LogP contribution in [0.3, 0.4) is 0 Å². The van der Waals surface area contributed by atoms with Crippen LogP contribution in [0.1, 0.15) is 12.0 Å². The zero-order valence-corrected chi connectivity index (χ0v) is 11.6. The van der Waals surface area contributed by atoms with Crippen molar-refractivity contribution in [3.8, 4) is 0 Å². The Labute approximate surface area is 111 Å². The van der Waals surface area contributed by atoms with Crippen molar-refractivity contribution in [1.82, 2.24) is 5.32 Å². The second-order valence-electron chi connectivity index (χ2n) is 4.42. The van der Waals surface area contributed by atoms with Gasteiger partial charge in [-0.05, 0) is 17.7 Å². The Morgan fingerprint density at radius 2 is 2.41 bits per heavy atom. The quantitative estimate of drug-likeness (QED) is 0.905. The van der Waals surface area contributed by atoms with E-state index in [-0.39, 0.29) is 5.60 Å². The lowest BCUT2D eigenvalue weighted by Gasteiger charge is -2.26. The van der Waals surface area contributed by atoms with Gasteiger partial charge in [-0.1, -0.05) is 28.1 Å². The van der Waals surface area contributed by atoms with Crippen LogP contribution in [0.5, 0.6) is 0 Å². The fourth-order valence-corrected chi connectivity index (χ4v) is 2.49. The van der Waals surface area contributed by atoms with Crippen LogP contribution in [0.2, 0.25) is 0 Å². The highest BCUT2D eigenvalue weighted by molar-refractivity contribution is 9.10. The smallest absolute Gasteiger partial charge is 0.106 e.